The van der Waals surface area contributed by atoms with Crippen molar-refractivity contribution in [3.63, 3.8) is 0 Å². The van der Waals surface area contributed by atoms with E-state index in [-0.39, 0.29) is 23.7 Å². The third kappa shape index (κ3) is 5.17. The largest absolute Gasteiger partial charge is 0.366 e. The maximum atomic E-state index is 14.5. The van der Waals surface area contributed by atoms with Gasteiger partial charge in [0.2, 0.25) is 5.91 Å². The van der Waals surface area contributed by atoms with Crippen LogP contribution in [-0.4, -0.2) is 5.91 Å². The zero-order valence-electron chi connectivity index (χ0n) is 29.9. The Balaban J connectivity index is 2.00. The lowest BCUT2D eigenvalue weighted by atomic mass is 9.73. The molecule has 0 aliphatic heterocycles. The molecule has 0 saturated heterocycles. The van der Waals surface area contributed by atoms with Crippen LogP contribution in [0.4, 0.5) is 0 Å². The van der Waals surface area contributed by atoms with Gasteiger partial charge in [0.15, 0.2) is 0 Å². The summed E-state index contributed by atoms with van der Waals surface area (Å²) in [5.74, 6) is 0.432. The van der Waals surface area contributed by atoms with Crippen molar-refractivity contribution in [3.05, 3.63) is 114 Å². The monoisotopic (exact) mass is 849 g/mol. The summed E-state index contributed by atoms with van der Waals surface area (Å²) in [5.41, 5.74) is 16.6. The van der Waals surface area contributed by atoms with E-state index >= 15 is 0 Å². The predicted molar refractivity (Wildman–Crippen MR) is 226 cm³/mol. The normalized spacial score (nSPS) is 12.4. The number of fused-ring (bicyclic) bond motifs is 2. The summed E-state index contributed by atoms with van der Waals surface area (Å²) in [6.45, 7) is 18.1. The van der Waals surface area contributed by atoms with Gasteiger partial charge in [-0.25, -0.2) is 0 Å². The van der Waals surface area contributed by atoms with Crippen LogP contribution in [-0.2, 0) is 0 Å². The molecule has 0 atom stereocenters. The molecule has 0 radical (unpaired) electrons. The second-order valence-electron chi connectivity index (χ2n) is 14.9. The quantitative estimate of drug-likeness (QED) is 0.0969. The number of halogens is 3. The van der Waals surface area contributed by atoms with Crippen LogP contribution in [0.5, 0.6) is 0 Å². The summed E-state index contributed by atoms with van der Waals surface area (Å²) in [6, 6.07) is 26.6. The van der Waals surface area contributed by atoms with E-state index in [0.717, 1.165) is 57.0 Å². The van der Waals surface area contributed by atoms with E-state index in [1.54, 1.807) is 0 Å². The number of benzene rings is 7. The van der Waals surface area contributed by atoms with E-state index in [9.17, 15) is 4.79 Å². The van der Waals surface area contributed by atoms with Gasteiger partial charge in [-0.1, -0.05) is 128 Å². The minimum Gasteiger partial charge on any atom is -0.366 e. The molecule has 7 rings (SSSR count). The number of carbonyl (C=O) groups is 1. The van der Waals surface area contributed by atoms with Crippen molar-refractivity contribution in [2.24, 2.45) is 5.73 Å². The first-order chi connectivity index (χ1) is 23.8. The highest BCUT2D eigenvalue weighted by molar-refractivity contribution is 9.14. The van der Waals surface area contributed by atoms with Crippen molar-refractivity contribution < 1.29 is 4.79 Å². The fourth-order valence-corrected chi connectivity index (χ4v) is 10.2. The molecule has 2 N–H and O–H groups in total. The molecule has 0 spiro atoms. The molecule has 0 aliphatic carbocycles. The van der Waals surface area contributed by atoms with Crippen LogP contribution in [0.15, 0.2) is 86.2 Å². The Kier molecular flexibility index (Phi) is 9.19. The van der Waals surface area contributed by atoms with Crippen molar-refractivity contribution in [2.75, 3.05) is 0 Å². The molecule has 0 fully saturated rings. The topological polar surface area (TPSA) is 43.1 Å². The van der Waals surface area contributed by atoms with Gasteiger partial charge in [0, 0.05) is 35.1 Å². The fourth-order valence-electron chi connectivity index (χ4n) is 8.35. The first kappa shape index (κ1) is 35.2. The van der Waals surface area contributed by atoms with E-state index < -0.39 is 5.91 Å². The van der Waals surface area contributed by atoms with E-state index in [1.165, 1.54) is 44.0 Å². The summed E-state index contributed by atoms with van der Waals surface area (Å²) in [6.07, 6.45) is 0. The minimum absolute atomic E-state index is 0.203. The van der Waals surface area contributed by atoms with Crippen molar-refractivity contribution >= 4 is 96.8 Å². The van der Waals surface area contributed by atoms with Crippen LogP contribution >= 0.6 is 47.8 Å². The minimum atomic E-state index is -0.438. The van der Waals surface area contributed by atoms with Crippen molar-refractivity contribution in [3.8, 4) is 22.3 Å². The number of hydrogen-bond donors (Lipinski definition) is 1. The Hall–Kier alpha value is -3.25. The average molecular weight is 853 g/mol. The van der Waals surface area contributed by atoms with Crippen LogP contribution in [0.2, 0.25) is 0 Å². The number of hydrogen-bond acceptors (Lipinski definition) is 1. The number of carbonyl (C=O) groups excluding carboxylic acids is 1. The average Bonchev–Trinajstić information content (AvgIpc) is 3.08. The summed E-state index contributed by atoms with van der Waals surface area (Å²) in [7, 11) is 0. The standard InChI is InChI=1S/C45H42Br3NO/c1-21(2)26-15-11-16-27(22(3)4)33(26)37-35-30-19-9-13-25-14-10-20-31(32(25)30)36-39(35)40(43(47)44(48)42(36)46)41(45(49)50)38(37)34-28(23(5)6)17-12-18-29(34)24(7)8/h9-24H,1-8H3,(H2,49,50). The highest BCUT2D eigenvalue weighted by Gasteiger charge is 2.34. The van der Waals surface area contributed by atoms with Crippen LogP contribution < -0.4 is 5.73 Å². The molecule has 50 heavy (non-hydrogen) atoms. The van der Waals surface area contributed by atoms with Gasteiger partial charge in [0.1, 0.15) is 0 Å². The summed E-state index contributed by atoms with van der Waals surface area (Å²) in [5, 5.41) is 8.80. The van der Waals surface area contributed by atoms with Crippen LogP contribution in [0.3, 0.4) is 0 Å². The van der Waals surface area contributed by atoms with Gasteiger partial charge in [-0.05, 0) is 137 Å². The number of rotatable bonds is 7. The number of amides is 1. The highest BCUT2D eigenvalue weighted by atomic mass is 79.9. The molecule has 0 saturated carbocycles. The van der Waals surface area contributed by atoms with Gasteiger partial charge in [0.25, 0.3) is 0 Å². The van der Waals surface area contributed by atoms with Gasteiger partial charge >= 0.3 is 0 Å². The number of nitrogens with two attached hydrogens (primary N) is 1. The van der Waals surface area contributed by atoms with Gasteiger partial charge in [-0.15, -0.1) is 0 Å². The first-order valence-electron chi connectivity index (χ1n) is 17.6. The molecule has 2 nitrogen and oxygen atoms in total. The van der Waals surface area contributed by atoms with Gasteiger partial charge in [-0.2, -0.15) is 0 Å². The third-order valence-corrected chi connectivity index (χ3v) is 14.0. The van der Waals surface area contributed by atoms with E-state index in [2.05, 4.69) is 176 Å². The molecule has 254 valence electrons. The Morgan fingerprint density at radius 1 is 0.460 bits per heavy atom. The molecular weight excluding hydrogens is 810 g/mol. The van der Waals surface area contributed by atoms with Gasteiger partial charge in [-0.3, -0.25) is 4.79 Å². The van der Waals surface area contributed by atoms with Crippen molar-refractivity contribution in [2.45, 2.75) is 79.1 Å². The molecule has 1 amide bonds. The maximum Gasteiger partial charge on any atom is 0.250 e. The van der Waals surface area contributed by atoms with Gasteiger partial charge < -0.3 is 5.73 Å². The SMILES string of the molecule is CC(C)c1cccc(C(C)C)c1-c1c(C(N)=O)c2c(Br)c(Br)c(Br)c3c4cccc5cccc(c(c1-c1c(C(C)C)cccc1C(C)C)c23)c54. The van der Waals surface area contributed by atoms with Gasteiger partial charge in [0.05, 0.1) is 5.56 Å². The predicted octanol–water partition coefficient (Wildman–Crippen LogP) is 15.0. The second-order valence-corrected chi connectivity index (χ2v) is 17.3. The summed E-state index contributed by atoms with van der Waals surface area (Å²) >= 11 is 12.0. The lowest BCUT2D eigenvalue weighted by molar-refractivity contribution is 0.100. The smallest absolute Gasteiger partial charge is 0.250 e. The number of primary amides is 1. The van der Waals surface area contributed by atoms with E-state index in [0.29, 0.717) is 5.56 Å². The van der Waals surface area contributed by atoms with Crippen molar-refractivity contribution in [1.82, 2.24) is 0 Å². The van der Waals surface area contributed by atoms with E-state index in [4.69, 9.17) is 5.73 Å². The molecule has 7 aromatic carbocycles. The van der Waals surface area contributed by atoms with Crippen LogP contribution in [0.25, 0.3) is 65.3 Å². The molecule has 7 aromatic rings. The Bertz CT molecular complexity index is 2450. The maximum absolute atomic E-state index is 14.5. The highest BCUT2D eigenvalue weighted by Crippen LogP contribution is 2.57. The Morgan fingerprint density at radius 3 is 1.30 bits per heavy atom. The van der Waals surface area contributed by atoms with Crippen molar-refractivity contribution in [1.29, 1.82) is 0 Å². The molecule has 0 aliphatic rings. The zero-order chi connectivity index (χ0) is 35.9. The third-order valence-electron chi connectivity index (χ3n) is 10.5. The Labute approximate surface area is 320 Å². The molecule has 0 heterocycles. The Morgan fingerprint density at radius 2 is 0.860 bits per heavy atom. The molecular formula is C45H42Br3NO. The lowest BCUT2D eigenvalue weighted by Crippen LogP contribution is -2.17. The first-order valence-corrected chi connectivity index (χ1v) is 19.9. The summed E-state index contributed by atoms with van der Waals surface area (Å²) in [4.78, 5) is 14.5. The summed E-state index contributed by atoms with van der Waals surface area (Å²) < 4.78 is 2.61. The zero-order valence-corrected chi connectivity index (χ0v) is 34.6. The fraction of sp³-hybridized carbons (Fsp3) is 0.267. The molecule has 0 bridgehead atoms. The van der Waals surface area contributed by atoms with E-state index in [1.807, 2.05) is 0 Å². The molecule has 0 unspecified atom stereocenters. The molecule has 0 aromatic heterocycles. The second kappa shape index (κ2) is 13.1. The van der Waals surface area contributed by atoms with Crippen LogP contribution in [0, 0.1) is 0 Å². The lowest BCUT2D eigenvalue weighted by Gasteiger charge is -2.31. The van der Waals surface area contributed by atoms with Crippen LogP contribution in [0.1, 0.15) is 112 Å². The molecule has 5 heteroatoms.